The first-order chi connectivity index (χ1) is 10.3. The number of rotatable bonds is 12. The van der Waals surface area contributed by atoms with Gasteiger partial charge in [-0.2, -0.15) is 0 Å². The topological polar surface area (TPSA) is 138 Å². The van der Waals surface area contributed by atoms with E-state index in [-0.39, 0.29) is 12.8 Å². The number of carboxylic acid groups (broad SMARTS) is 3. The Balaban J connectivity index is 3.79. The smallest absolute Gasteiger partial charge is 0.372 e. The van der Waals surface area contributed by atoms with E-state index < -0.39 is 29.6 Å². The third kappa shape index (κ3) is 11.4. The van der Waals surface area contributed by atoms with Gasteiger partial charge in [-0.05, 0) is 12.8 Å². The first-order valence-electron chi connectivity index (χ1n) is 6.93. The normalized spacial score (nSPS) is 11.0. The van der Waals surface area contributed by atoms with Gasteiger partial charge in [0.1, 0.15) is 0 Å². The molecule has 0 amide bonds. The highest BCUT2D eigenvalue weighted by Gasteiger charge is 2.15. The fourth-order valence-electron chi connectivity index (χ4n) is 1.67. The zero-order valence-electron chi connectivity index (χ0n) is 12.1. The first-order valence-corrected chi connectivity index (χ1v) is 6.93. The summed E-state index contributed by atoms with van der Waals surface area (Å²) in [7, 11) is 0. The van der Waals surface area contributed by atoms with Crippen LogP contribution in [0, 0.1) is 0 Å². The second kappa shape index (κ2) is 11.3. The van der Waals surface area contributed by atoms with Crippen molar-refractivity contribution >= 4 is 23.9 Å². The van der Waals surface area contributed by atoms with Crippen LogP contribution in [0.4, 0.5) is 0 Å². The molecule has 0 saturated heterocycles. The van der Waals surface area contributed by atoms with E-state index in [4.69, 9.17) is 15.3 Å². The molecule has 0 aliphatic rings. The van der Waals surface area contributed by atoms with Gasteiger partial charge in [-0.25, -0.2) is 9.59 Å². The molecular weight excluding hydrogens is 296 g/mol. The van der Waals surface area contributed by atoms with Gasteiger partial charge in [-0.15, -0.1) is 0 Å². The molecule has 0 radical (unpaired) electrons. The molecule has 0 rings (SSSR count). The van der Waals surface area contributed by atoms with E-state index in [2.05, 4.69) is 4.74 Å². The highest BCUT2D eigenvalue weighted by Crippen LogP contribution is 2.10. The lowest BCUT2D eigenvalue weighted by molar-refractivity contribution is -0.148. The molecule has 0 aromatic heterocycles. The minimum absolute atomic E-state index is 0.000630. The van der Waals surface area contributed by atoms with E-state index in [9.17, 15) is 19.2 Å². The highest BCUT2D eigenvalue weighted by molar-refractivity contribution is 5.94. The lowest BCUT2D eigenvalue weighted by Gasteiger charge is -2.04. The van der Waals surface area contributed by atoms with E-state index in [1.54, 1.807) is 0 Å². The third-order valence-electron chi connectivity index (χ3n) is 2.71. The van der Waals surface area contributed by atoms with Gasteiger partial charge in [0, 0.05) is 12.8 Å². The number of carboxylic acids is 3. The van der Waals surface area contributed by atoms with Gasteiger partial charge < -0.3 is 20.1 Å². The number of hydrogen-bond donors (Lipinski definition) is 3. The molecule has 0 heterocycles. The molecule has 0 saturated carbocycles. The number of carbonyl (C=O) groups is 4. The van der Waals surface area contributed by atoms with Crippen LogP contribution in [0.5, 0.6) is 0 Å². The number of unbranched alkanes of at least 4 members (excludes halogenated alkanes) is 5. The van der Waals surface area contributed by atoms with Crippen molar-refractivity contribution in [1.29, 1.82) is 0 Å². The molecule has 3 N–H and O–H groups in total. The van der Waals surface area contributed by atoms with Crippen LogP contribution in [0.15, 0.2) is 11.8 Å². The number of hydrogen-bond acceptors (Lipinski definition) is 5. The molecule has 8 nitrogen and oxygen atoms in total. The maximum absolute atomic E-state index is 11.4. The van der Waals surface area contributed by atoms with Crippen molar-refractivity contribution in [2.24, 2.45) is 0 Å². The molecular formula is C14H20O8. The van der Waals surface area contributed by atoms with Gasteiger partial charge in [0.05, 0.1) is 6.08 Å². The molecule has 124 valence electrons. The van der Waals surface area contributed by atoms with Gasteiger partial charge >= 0.3 is 23.9 Å². The van der Waals surface area contributed by atoms with Gasteiger partial charge in [-0.3, -0.25) is 9.59 Å². The summed E-state index contributed by atoms with van der Waals surface area (Å²) in [6.45, 7) is 0. The molecule has 0 atom stereocenters. The van der Waals surface area contributed by atoms with Crippen LogP contribution >= 0.6 is 0 Å². The average molecular weight is 316 g/mol. The Hall–Kier alpha value is -2.38. The van der Waals surface area contributed by atoms with Crippen LogP contribution < -0.4 is 0 Å². The monoisotopic (exact) mass is 316 g/mol. The molecule has 22 heavy (non-hydrogen) atoms. The van der Waals surface area contributed by atoms with Crippen molar-refractivity contribution < 1.29 is 39.2 Å². The second-order valence-electron chi connectivity index (χ2n) is 4.64. The van der Waals surface area contributed by atoms with E-state index in [0.29, 0.717) is 18.9 Å². The van der Waals surface area contributed by atoms with Crippen LogP contribution in [0.1, 0.15) is 51.4 Å². The third-order valence-corrected chi connectivity index (χ3v) is 2.71. The molecule has 0 aliphatic carbocycles. The zero-order chi connectivity index (χ0) is 17.0. The quantitative estimate of drug-likeness (QED) is 0.214. The molecule has 0 aromatic rings. The van der Waals surface area contributed by atoms with Crippen molar-refractivity contribution in [3.63, 3.8) is 0 Å². The Bertz CT molecular complexity index is 438. The molecule has 0 bridgehead atoms. The predicted molar refractivity (Wildman–Crippen MR) is 74.0 cm³/mol. The van der Waals surface area contributed by atoms with Crippen molar-refractivity contribution in [2.75, 3.05) is 0 Å². The van der Waals surface area contributed by atoms with Gasteiger partial charge in [0.25, 0.3) is 0 Å². The summed E-state index contributed by atoms with van der Waals surface area (Å²) in [4.78, 5) is 42.6. The standard InChI is InChI=1S/C14H20O8/c15-11(16)7-5-3-1-2-4-6-8-13(19)22-10(14(20)21)9-12(17)18/h9H,1-8H2,(H,15,16)(H,17,18)(H,20,21)/b10-9-. The van der Waals surface area contributed by atoms with Crippen molar-refractivity contribution in [1.82, 2.24) is 0 Å². The largest absolute Gasteiger partial charge is 0.481 e. The Morgan fingerprint density at radius 3 is 1.73 bits per heavy atom. The summed E-state index contributed by atoms with van der Waals surface area (Å²) >= 11 is 0. The maximum atomic E-state index is 11.4. The zero-order valence-corrected chi connectivity index (χ0v) is 12.1. The molecule has 0 spiro atoms. The Labute approximate surface area is 127 Å². The average Bonchev–Trinajstić information content (AvgIpc) is 2.40. The Morgan fingerprint density at radius 2 is 1.27 bits per heavy atom. The lowest BCUT2D eigenvalue weighted by atomic mass is 10.1. The van der Waals surface area contributed by atoms with Crippen LogP contribution in [0.3, 0.4) is 0 Å². The van der Waals surface area contributed by atoms with E-state index in [1.165, 1.54) is 0 Å². The fourth-order valence-corrected chi connectivity index (χ4v) is 1.67. The van der Waals surface area contributed by atoms with Gasteiger partial charge in [0.2, 0.25) is 5.76 Å². The van der Waals surface area contributed by atoms with Crippen LogP contribution in [-0.2, 0) is 23.9 Å². The van der Waals surface area contributed by atoms with Crippen LogP contribution in [-0.4, -0.2) is 39.2 Å². The van der Waals surface area contributed by atoms with E-state index in [0.717, 1.165) is 25.7 Å². The summed E-state index contributed by atoms with van der Waals surface area (Å²) in [5.41, 5.74) is 0. The molecule has 0 aliphatic heterocycles. The molecule has 8 heteroatoms. The van der Waals surface area contributed by atoms with E-state index >= 15 is 0 Å². The Morgan fingerprint density at radius 1 is 0.773 bits per heavy atom. The van der Waals surface area contributed by atoms with Crippen LogP contribution in [0.2, 0.25) is 0 Å². The number of ether oxygens (including phenoxy) is 1. The SMILES string of the molecule is O=C(O)/C=C(\OC(=O)CCCCCCCCC(=O)O)C(=O)O. The summed E-state index contributed by atoms with van der Waals surface area (Å²) in [5.74, 6) is -5.64. The molecule has 0 aromatic carbocycles. The van der Waals surface area contributed by atoms with Crippen molar-refractivity contribution in [3.8, 4) is 0 Å². The number of carbonyl (C=O) groups excluding carboxylic acids is 1. The number of esters is 1. The van der Waals surface area contributed by atoms with E-state index in [1.807, 2.05) is 0 Å². The molecule has 0 unspecified atom stereocenters. The predicted octanol–water partition coefficient (Wildman–Crippen LogP) is 1.79. The van der Waals surface area contributed by atoms with Crippen molar-refractivity contribution in [3.05, 3.63) is 11.8 Å². The summed E-state index contributed by atoms with van der Waals surface area (Å²) in [5, 5.41) is 25.5. The minimum atomic E-state index is -1.62. The fraction of sp³-hybridized carbons (Fsp3) is 0.571. The van der Waals surface area contributed by atoms with Gasteiger partial charge in [0.15, 0.2) is 0 Å². The maximum Gasteiger partial charge on any atom is 0.372 e. The number of aliphatic carboxylic acids is 3. The summed E-state index contributed by atoms with van der Waals surface area (Å²) in [6.07, 6.45) is 4.83. The first kappa shape index (κ1) is 19.6. The Kier molecular flexibility index (Phi) is 10.1. The summed E-state index contributed by atoms with van der Waals surface area (Å²) < 4.78 is 4.47. The highest BCUT2D eigenvalue weighted by atomic mass is 16.6. The van der Waals surface area contributed by atoms with Crippen LogP contribution in [0.25, 0.3) is 0 Å². The van der Waals surface area contributed by atoms with Gasteiger partial charge in [-0.1, -0.05) is 25.7 Å². The lowest BCUT2D eigenvalue weighted by Crippen LogP contribution is -2.12. The van der Waals surface area contributed by atoms with Crippen molar-refractivity contribution in [2.45, 2.75) is 51.4 Å². The summed E-state index contributed by atoms with van der Waals surface area (Å²) in [6, 6.07) is 0. The second-order valence-corrected chi connectivity index (χ2v) is 4.64. The molecule has 0 fully saturated rings. The minimum Gasteiger partial charge on any atom is -0.481 e.